The summed E-state index contributed by atoms with van der Waals surface area (Å²) in [5.41, 5.74) is 5.40. The fourth-order valence-corrected chi connectivity index (χ4v) is 6.35. The number of hydrogen-bond donors (Lipinski definition) is 2. The van der Waals surface area contributed by atoms with Crippen molar-refractivity contribution in [2.24, 2.45) is 11.8 Å². The van der Waals surface area contributed by atoms with E-state index in [2.05, 4.69) is 68.9 Å². The van der Waals surface area contributed by atoms with Gasteiger partial charge in [-0.15, -0.1) is 0 Å². The van der Waals surface area contributed by atoms with E-state index in [1.807, 2.05) is 24.5 Å². The Bertz CT molecular complexity index is 1380. The molecular formula is C31H34N6. The molecule has 0 radical (unpaired) electrons. The third kappa shape index (κ3) is 5.32. The molecule has 1 aliphatic heterocycles. The Morgan fingerprint density at radius 1 is 0.973 bits per heavy atom. The minimum Gasteiger partial charge on any atom is -0.371 e. The third-order valence-corrected chi connectivity index (χ3v) is 8.29. The summed E-state index contributed by atoms with van der Waals surface area (Å²) in [5.74, 6) is 2.36. The highest BCUT2D eigenvalue weighted by Crippen LogP contribution is 2.35. The Hall–Kier alpha value is -3.85. The lowest BCUT2D eigenvalue weighted by atomic mass is 9.77. The minimum absolute atomic E-state index is 0.471. The van der Waals surface area contributed by atoms with Crippen LogP contribution in [0.25, 0.3) is 22.0 Å². The Morgan fingerprint density at radius 3 is 2.73 bits per heavy atom. The number of anilines is 2. The van der Waals surface area contributed by atoms with Gasteiger partial charge < -0.3 is 10.2 Å². The monoisotopic (exact) mass is 490 g/mol. The van der Waals surface area contributed by atoms with Crippen molar-refractivity contribution in [1.82, 2.24) is 15.2 Å². The van der Waals surface area contributed by atoms with E-state index in [0.29, 0.717) is 17.9 Å². The highest BCUT2D eigenvalue weighted by molar-refractivity contribution is 5.84. The lowest BCUT2D eigenvalue weighted by Crippen LogP contribution is -2.39. The van der Waals surface area contributed by atoms with Crippen molar-refractivity contribution in [3.8, 4) is 17.2 Å². The van der Waals surface area contributed by atoms with Crippen LogP contribution in [0.4, 0.5) is 11.5 Å². The van der Waals surface area contributed by atoms with Gasteiger partial charge in [0.15, 0.2) is 0 Å². The number of hydrogen-bond acceptors (Lipinski definition) is 5. The maximum Gasteiger partial charge on any atom is 0.126 e. The number of pyridine rings is 1. The van der Waals surface area contributed by atoms with Gasteiger partial charge in [-0.05, 0) is 104 Å². The molecule has 6 nitrogen and oxygen atoms in total. The molecule has 1 saturated carbocycles. The highest BCUT2D eigenvalue weighted by atomic mass is 15.1. The number of H-pyrrole nitrogens is 1. The number of benzene rings is 2. The summed E-state index contributed by atoms with van der Waals surface area (Å²) in [4.78, 5) is 7.21. The second-order valence-electron chi connectivity index (χ2n) is 10.7. The van der Waals surface area contributed by atoms with Gasteiger partial charge in [0.2, 0.25) is 0 Å². The predicted molar refractivity (Wildman–Crippen MR) is 149 cm³/mol. The molecule has 2 aromatic heterocycles. The zero-order valence-corrected chi connectivity index (χ0v) is 21.2. The topological polar surface area (TPSA) is 80.6 Å². The molecule has 188 valence electrons. The smallest absolute Gasteiger partial charge is 0.126 e. The molecule has 6 rings (SSSR count). The maximum absolute atomic E-state index is 9.12. The Balaban J connectivity index is 1.13. The van der Waals surface area contributed by atoms with Crippen LogP contribution in [0.5, 0.6) is 0 Å². The quantitative estimate of drug-likeness (QED) is 0.312. The van der Waals surface area contributed by atoms with Crippen LogP contribution in [-0.4, -0.2) is 34.3 Å². The van der Waals surface area contributed by atoms with Crippen LogP contribution in [0.15, 0.2) is 67.0 Å². The van der Waals surface area contributed by atoms with Gasteiger partial charge in [-0.2, -0.15) is 10.4 Å². The molecule has 1 aliphatic carbocycles. The summed E-state index contributed by atoms with van der Waals surface area (Å²) in [6.07, 6.45) is 12.7. The standard InChI is InChI=1S/C31H34N6/c32-19-22-7-10-28(11-8-22)37-15-3-4-23(21-37)16-26-5-1-2-6-29(26)35-31-18-25(13-14-33-31)24-9-12-30-27(17-24)20-34-36-30/h7-14,17-18,20,23,26,29H,1-6,15-16,21H2,(H,33,35)(H,34,36)/t23-,26+,29-/m1/s1. The van der Waals surface area contributed by atoms with Crippen molar-refractivity contribution >= 4 is 22.4 Å². The number of aromatic amines is 1. The Kier molecular flexibility index (Phi) is 6.77. The lowest BCUT2D eigenvalue weighted by molar-refractivity contribution is 0.247. The molecule has 2 aliphatic rings. The van der Waals surface area contributed by atoms with Crippen LogP contribution in [0.1, 0.15) is 50.5 Å². The van der Waals surface area contributed by atoms with Crippen molar-refractivity contribution in [3.05, 3.63) is 72.6 Å². The van der Waals surface area contributed by atoms with E-state index in [1.165, 1.54) is 61.8 Å². The molecule has 6 heteroatoms. The number of fused-ring (bicyclic) bond motifs is 1. The van der Waals surface area contributed by atoms with Gasteiger partial charge in [0, 0.05) is 36.4 Å². The second kappa shape index (κ2) is 10.6. The van der Waals surface area contributed by atoms with E-state index >= 15 is 0 Å². The summed E-state index contributed by atoms with van der Waals surface area (Å²) in [6.45, 7) is 2.22. The number of rotatable bonds is 6. The average Bonchev–Trinajstić information content (AvgIpc) is 3.43. The number of nitrogens with zero attached hydrogens (tertiary/aromatic N) is 4. The van der Waals surface area contributed by atoms with Crippen LogP contribution in [0.2, 0.25) is 0 Å². The first kappa shape index (κ1) is 23.5. The van der Waals surface area contributed by atoms with E-state index < -0.39 is 0 Å². The molecule has 3 heterocycles. The molecule has 0 bridgehead atoms. The first-order valence-electron chi connectivity index (χ1n) is 13.7. The summed E-state index contributed by atoms with van der Waals surface area (Å²) < 4.78 is 0. The summed E-state index contributed by atoms with van der Waals surface area (Å²) in [7, 11) is 0. The molecule has 0 unspecified atom stereocenters. The van der Waals surface area contributed by atoms with Gasteiger partial charge in [0.25, 0.3) is 0 Å². The van der Waals surface area contributed by atoms with E-state index in [9.17, 15) is 0 Å². The van der Waals surface area contributed by atoms with Crippen molar-refractivity contribution < 1.29 is 0 Å². The molecule has 37 heavy (non-hydrogen) atoms. The van der Waals surface area contributed by atoms with E-state index in [1.54, 1.807) is 0 Å². The molecule has 4 aromatic rings. The van der Waals surface area contributed by atoms with Crippen molar-refractivity contribution in [3.63, 3.8) is 0 Å². The van der Waals surface area contributed by atoms with Crippen LogP contribution in [0.3, 0.4) is 0 Å². The van der Waals surface area contributed by atoms with Gasteiger partial charge in [-0.25, -0.2) is 4.98 Å². The molecule has 1 saturated heterocycles. The molecular weight excluding hydrogens is 456 g/mol. The van der Waals surface area contributed by atoms with E-state index in [0.717, 1.165) is 35.4 Å². The summed E-state index contributed by atoms with van der Waals surface area (Å²) in [6, 6.07) is 21.5. The normalized spacial score (nSPS) is 22.0. The zero-order chi connectivity index (χ0) is 25.0. The molecule has 2 fully saturated rings. The van der Waals surface area contributed by atoms with Crippen molar-refractivity contribution in [1.29, 1.82) is 5.26 Å². The van der Waals surface area contributed by atoms with Gasteiger partial charge in [0.1, 0.15) is 5.82 Å². The first-order chi connectivity index (χ1) is 18.2. The highest BCUT2D eigenvalue weighted by Gasteiger charge is 2.30. The third-order valence-electron chi connectivity index (χ3n) is 8.29. The molecule has 2 aromatic carbocycles. The molecule has 0 amide bonds. The van der Waals surface area contributed by atoms with Gasteiger partial charge in [0.05, 0.1) is 23.3 Å². The van der Waals surface area contributed by atoms with Crippen LogP contribution < -0.4 is 10.2 Å². The van der Waals surface area contributed by atoms with Gasteiger partial charge in [-0.3, -0.25) is 5.10 Å². The van der Waals surface area contributed by atoms with Gasteiger partial charge in [-0.1, -0.05) is 18.9 Å². The molecule has 0 spiro atoms. The second-order valence-corrected chi connectivity index (χ2v) is 10.7. The Labute approximate surface area is 218 Å². The van der Waals surface area contributed by atoms with Crippen molar-refractivity contribution in [2.45, 2.75) is 51.0 Å². The molecule has 2 N–H and O–H groups in total. The number of aromatic nitrogens is 3. The largest absolute Gasteiger partial charge is 0.371 e. The fraction of sp³-hybridized carbons (Fsp3) is 0.387. The van der Waals surface area contributed by atoms with Crippen LogP contribution in [0, 0.1) is 23.2 Å². The van der Waals surface area contributed by atoms with Crippen LogP contribution >= 0.6 is 0 Å². The summed E-state index contributed by atoms with van der Waals surface area (Å²) >= 11 is 0. The first-order valence-corrected chi connectivity index (χ1v) is 13.7. The zero-order valence-electron chi connectivity index (χ0n) is 21.2. The van der Waals surface area contributed by atoms with E-state index in [4.69, 9.17) is 10.2 Å². The van der Waals surface area contributed by atoms with Crippen molar-refractivity contribution in [2.75, 3.05) is 23.3 Å². The van der Waals surface area contributed by atoms with E-state index in [-0.39, 0.29) is 0 Å². The number of piperidine rings is 1. The molecule has 3 atom stereocenters. The minimum atomic E-state index is 0.471. The SMILES string of the molecule is N#Cc1ccc(N2CCC[C@H](C[C@@H]3CCCC[C@H]3Nc3cc(-c4ccc5[nH]ncc5c4)ccn3)C2)cc1. The number of nitrogens with one attached hydrogen (secondary N) is 2. The van der Waals surface area contributed by atoms with Crippen LogP contribution in [-0.2, 0) is 0 Å². The lowest BCUT2D eigenvalue weighted by Gasteiger charge is -2.39. The maximum atomic E-state index is 9.12. The Morgan fingerprint density at radius 2 is 1.84 bits per heavy atom. The predicted octanol–water partition coefficient (Wildman–Crippen LogP) is 6.77. The fourth-order valence-electron chi connectivity index (χ4n) is 6.35. The van der Waals surface area contributed by atoms with Gasteiger partial charge >= 0.3 is 0 Å². The number of nitriles is 1. The summed E-state index contributed by atoms with van der Waals surface area (Å²) in [5, 5.41) is 21.3. The average molecular weight is 491 g/mol.